The molecule has 0 spiro atoms. The molecule has 0 aliphatic heterocycles. The molecule has 0 aromatic heterocycles. The molecule has 0 saturated heterocycles. The third-order valence-electron chi connectivity index (χ3n) is 4.17. The van der Waals surface area contributed by atoms with Crippen molar-refractivity contribution in [3.8, 4) is 0 Å². The van der Waals surface area contributed by atoms with Crippen molar-refractivity contribution in [1.29, 1.82) is 0 Å². The van der Waals surface area contributed by atoms with Crippen LogP contribution in [-0.4, -0.2) is 30.9 Å². The van der Waals surface area contributed by atoms with Gasteiger partial charge in [0.1, 0.15) is 5.57 Å². The van der Waals surface area contributed by atoms with Crippen molar-refractivity contribution in [2.24, 2.45) is 0 Å². The van der Waals surface area contributed by atoms with Crippen LogP contribution in [0, 0.1) is 0 Å². The maximum absolute atomic E-state index is 13.0. The highest BCUT2D eigenvalue weighted by Crippen LogP contribution is 2.25. The molecule has 0 aliphatic carbocycles. The molecular formula is C27H22BrCl4FO5. The van der Waals surface area contributed by atoms with E-state index in [0.717, 1.165) is 9.50 Å². The number of ether oxygens (including phenoxy) is 2. The standard InChI is InChI=1S/C11H9Cl2FO2.C10H9ClO3.C6H4BrCl/c1-2-16-11(15)9(10(13)14)7-3-5-8(12)6-4-7;1-2-14-10(13)9(12)7-3-5-8(11)6-4-7;7-5-1-3-6(8)4-2-5/h3-6H,2H2,1H3;3-6H,2H2,1H3;1-4H. The molecule has 0 heterocycles. The molecule has 0 unspecified atom stereocenters. The summed E-state index contributed by atoms with van der Waals surface area (Å²) >= 11 is 25.4. The Labute approximate surface area is 248 Å². The van der Waals surface area contributed by atoms with Crippen LogP contribution in [-0.2, 0) is 19.1 Å². The minimum absolute atomic E-state index is 0.153. The van der Waals surface area contributed by atoms with Crippen LogP contribution in [0.2, 0.25) is 15.1 Å². The molecule has 0 atom stereocenters. The highest BCUT2D eigenvalue weighted by Gasteiger charge is 2.18. The number of benzene rings is 3. The number of carbonyl (C=O) groups excluding carboxylic acids is 3. The third kappa shape index (κ3) is 12.4. The van der Waals surface area contributed by atoms with Crippen LogP contribution in [0.3, 0.4) is 0 Å². The van der Waals surface area contributed by atoms with Gasteiger partial charge in [0.2, 0.25) is 5.29 Å². The van der Waals surface area contributed by atoms with E-state index in [4.69, 9.17) is 51.1 Å². The molecule has 0 saturated carbocycles. The zero-order valence-electron chi connectivity index (χ0n) is 20.2. The monoisotopic (exact) mass is 664 g/mol. The molecule has 0 bridgehead atoms. The van der Waals surface area contributed by atoms with Gasteiger partial charge in [-0.3, -0.25) is 4.79 Å². The zero-order chi connectivity index (χ0) is 28.7. The lowest BCUT2D eigenvalue weighted by molar-refractivity contribution is -0.137. The quantitative estimate of drug-likeness (QED) is 0.114. The van der Waals surface area contributed by atoms with Gasteiger partial charge >= 0.3 is 11.9 Å². The van der Waals surface area contributed by atoms with E-state index < -0.39 is 23.0 Å². The first-order valence-electron chi connectivity index (χ1n) is 10.9. The Hall–Kier alpha value is -2.42. The van der Waals surface area contributed by atoms with Crippen molar-refractivity contribution in [2.45, 2.75) is 13.8 Å². The maximum Gasteiger partial charge on any atom is 0.379 e. The van der Waals surface area contributed by atoms with Gasteiger partial charge in [0.05, 0.1) is 13.2 Å². The second-order valence-corrected chi connectivity index (χ2v) is 9.41. The minimum Gasteiger partial charge on any atom is -0.462 e. The number of ketones is 1. The van der Waals surface area contributed by atoms with Crippen LogP contribution in [0.15, 0.2) is 82.6 Å². The molecule has 0 amide bonds. The number of rotatable bonds is 6. The summed E-state index contributed by atoms with van der Waals surface area (Å²) in [6.07, 6.45) is 0. The molecule has 0 aliphatic rings. The molecule has 3 aromatic rings. The van der Waals surface area contributed by atoms with Crippen LogP contribution in [0.25, 0.3) is 5.57 Å². The second kappa shape index (κ2) is 18.0. The van der Waals surface area contributed by atoms with Crippen molar-refractivity contribution < 1.29 is 28.2 Å². The lowest BCUT2D eigenvalue weighted by atomic mass is 10.1. The largest absolute Gasteiger partial charge is 0.462 e. The molecule has 0 fully saturated rings. The summed E-state index contributed by atoms with van der Waals surface area (Å²) in [4.78, 5) is 33.8. The number of Topliss-reactive ketones (excluding diaryl/α,β-unsaturated/α-hetero) is 1. The Morgan fingerprint density at radius 3 is 1.42 bits per heavy atom. The van der Waals surface area contributed by atoms with E-state index in [1.54, 1.807) is 26.0 Å². The highest BCUT2D eigenvalue weighted by molar-refractivity contribution is 9.10. The Bertz CT molecular complexity index is 1210. The van der Waals surface area contributed by atoms with E-state index in [2.05, 4.69) is 20.7 Å². The second-order valence-electron chi connectivity index (χ2n) is 6.86. The van der Waals surface area contributed by atoms with Crippen LogP contribution >= 0.6 is 62.3 Å². The molecular weight excluding hydrogens is 645 g/mol. The van der Waals surface area contributed by atoms with Gasteiger partial charge in [-0.25, -0.2) is 9.59 Å². The van der Waals surface area contributed by atoms with E-state index in [9.17, 15) is 18.8 Å². The number of hydrogen-bond acceptors (Lipinski definition) is 5. The van der Waals surface area contributed by atoms with Gasteiger partial charge in [-0.15, -0.1) is 0 Å². The average molecular weight is 667 g/mol. The summed E-state index contributed by atoms with van der Waals surface area (Å²) in [5, 5.41) is 0.682. The normalized spacial score (nSPS) is 10.5. The maximum atomic E-state index is 13.0. The predicted molar refractivity (Wildman–Crippen MR) is 154 cm³/mol. The van der Waals surface area contributed by atoms with Gasteiger partial charge in [-0.05, 0) is 80.1 Å². The average Bonchev–Trinajstić information content (AvgIpc) is 2.88. The van der Waals surface area contributed by atoms with Gasteiger partial charge in [-0.1, -0.05) is 74.5 Å². The molecule has 3 aromatic carbocycles. The fourth-order valence-corrected chi connectivity index (χ4v) is 3.30. The van der Waals surface area contributed by atoms with Crippen LogP contribution in [0.5, 0.6) is 0 Å². The first kappa shape index (κ1) is 33.6. The Morgan fingerprint density at radius 1 is 0.684 bits per heavy atom. The Morgan fingerprint density at radius 2 is 1.05 bits per heavy atom. The van der Waals surface area contributed by atoms with Crippen molar-refractivity contribution in [3.05, 3.63) is 109 Å². The molecule has 38 heavy (non-hydrogen) atoms. The smallest absolute Gasteiger partial charge is 0.379 e. The van der Waals surface area contributed by atoms with E-state index >= 15 is 0 Å². The molecule has 0 N–H and O–H groups in total. The molecule has 3 rings (SSSR count). The fourth-order valence-electron chi connectivity index (χ4n) is 2.47. The molecule has 0 radical (unpaired) electrons. The number of esters is 2. The van der Waals surface area contributed by atoms with Gasteiger partial charge < -0.3 is 9.47 Å². The topological polar surface area (TPSA) is 69.7 Å². The molecule has 11 heteroatoms. The van der Waals surface area contributed by atoms with Crippen molar-refractivity contribution in [1.82, 2.24) is 0 Å². The Kier molecular flexibility index (Phi) is 15.9. The first-order chi connectivity index (χ1) is 18.0. The lowest BCUT2D eigenvalue weighted by Gasteiger charge is -2.06. The highest BCUT2D eigenvalue weighted by atomic mass is 79.9. The van der Waals surface area contributed by atoms with Gasteiger partial charge in [0.15, 0.2) is 0 Å². The lowest BCUT2D eigenvalue weighted by Crippen LogP contribution is -2.17. The van der Waals surface area contributed by atoms with Gasteiger partial charge in [0, 0.05) is 25.1 Å². The minimum atomic E-state index is -1.10. The van der Waals surface area contributed by atoms with Crippen LogP contribution < -0.4 is 0 Å². The molecule has 202 valence electrons. The van der Waals surface area contributed by atoms with Gasteiger partial charge in [-0.2, -0.15) is 4.39 Å². The summed E-state index contributed by atoms with van der Waals surface area (Å²) in [7, 11) is 0. The van der Waals surface area contributed by atoms with Crippen molar-refractivity contribution in [2.75, 3.05) is 13.2 Å². The van der Waals surface area contributed by atoms with Crippen LogP contribution in [0.4, 0.5) is 4.39 Å². The van der Waals surface area contributed by atoms with E-state index in [-0.39, 0.29) is 24.4 Å². The SMILES string of the molecule is CCOC(=O)C(=C(F)Cl)c1ccc(Cl)cc1.CCOC(=O)C(=O)c1ccc(Cl)cc1.Clc1ccc(Br)cc1. The third-order valence-corrected chi connectivity index (χ3v) is 5.65. The van der Waals surface area contributed by atoms with Crippen LogP contribution in [0.1, 0.15) is 29.8 Å². The summed E-state index contributed by atoms with van der Waals surface area (Å²) in [6, 6.07) is 19.6. The zero-order valence-corrected chi connectivity index (χ0v) is 24.8. The van der Waals surface area contributed by atoms with E-state index in [0.29, 0.717) is 15.6 Å². The first-order valence-corrected chi connectivity index (χ1v) is 13.2. The number of halogens is 6. The van der Waals surface area contributed by atoms with Crippen molar-refractivity contribution >= 4 is 85.6 Å². The van der Waals surface area contributed by atoms with E-state index in [1.165, 1.54) is 36.4 Å². The Balaban J connectivity index is 0.000000300. The molecule has 5 nitrogen and oxygen atoms in total. The van der Waals surface area contributed by atoms with Gasteiger partial charge in [0.25, 0.3) is 5.78 Å². The summed E-state index contributed by atoms with van der Waals surface area (Å²) in [5.41, 5.74) is 0.323. The summed E-state index contributed by atoms with van der Waals surface area (Å²) < 4.78 is 23.4. The van der Waals surface area contributed by atoms with Crippen molar-refractivity contribution in [3.63, 3.8) is 0 Å². The number of hydrogen-bond donors (Lipinski definition) is 0. The van der Waals surface area contributed by atoms with E-state index in [1.807, 2.05) is 24.3 Å². The number of carbonyl (C=O) groups is 3. The fraction of sp³-hybridized carbons (Fsp3) is 0.148. The predicted octanol–water partition coefficient (Wildman–Crippen LogP) is 8.97. The summed E-state index contributed by atoms with van der Waals surface area (Å²) in [6.45, 7) is 3.62. The summed E-state index contributed by atoms with van der Waals surface area (Å²) in [5.74, 6) is -2.28.